The highest BCUT2D eigenvalue weighted by atomic mass is 16.2. The van der Waals surface area contributed by atoms with Crippen LogP contribution in [0.25, 0.3) is 0 Å². The summed E-state index contributed by atoms with van der Waals surface area (Å²) in [4.78, 5) is 18.9. The van der Waals surface area contributed by atoms with Gasteiger partial charge in [-0.15, -0.1) is 0 Å². The first-order chi connectivity index (χ1) is 13.5. The summed E-state index contributed by atoms with van der Waals surface area (Å²) in [6.45, 7) is 3.65. The van der Waals surface area contributed by atoms with Gasteiger partial charge in [0.15, 0.2) is 0 Å². The number of piperidine rings is 1. The van der Waals surface area contributed by atoms with Crippen LogP contribution in [0, 0.1) is 0 Å². The molecule has 1 saturated heterocycles. The molecule has 3 rings (SSSR count). The van der Waals surface area contributed by atoms with Crippen molar-refractivity contribution < 1.29 is 4.79 Å². The minimum absolute atomic E-state index is 0.0122. The summed E-state index contributed by atoms with van der Waals surface area (Å²) < 4.78 is 0. The number of carbonyl (C=O) groups is 1. The minimum atomic E-state index is 0.0122. The van der Waals surface area contributed by atoms with Crippen LogP contribution in [0.1, 0.15) is 24.0 Å². The summed E-state index contributed by atoms with van der Waals surface area (Å²) in [7, 11) is 5.92. The second kappa shape index (κ2) is 9.60. The molecule has 2 amide bonds. The summed E-state index contributed by atoms with van der Waals surface area (Å²) in [5.74, 6) is 0. The Hall–Kier alpha value is -2.53. The van der Waals surface area contributed by atoms with E-state index in [4.69, 9.17) is 0 Å². The topological polar surface area (TPSA) is 38.8 Å². The molecular formula is C23H32N4O. The quantitative estimate of drug-likeness (QED) is 0.833. The summed E-state index contributed by atoms with van der Waals surface area (Å²) in [5.41, 5.74) is 3.66. The van der Waals surface area contributed by atoms with Gasteiger partial charge in [0.25, 0.3) is 0 Å². The largest absolute Gasteiger partial charge is 0.378 e. The van der Waals surface area contributed by atoms with Gasteiger partial charge in [-0.1, -0.05) is 42.5 Å². The zero-order valence-corrected chi connectivity index (χ0v) is 17.3. The number of carbonyl (C=O) groups excluding carboxylic acids is 1. The van der Waals surface area contributed by atoms with Crippen molar-refractivity contribution in [2.24, 2.45) is 0 Å². The van der Waals surface area contributed by atoms with Crippen LogP contribution in [-0.4, -0.2) is 56.1 Å². The average molecular weight is 381 g/mol. The smallest absolute Gasteiger partial charge is 0.317 e. The lowest BCUT2D eigenvalue weighted by molar-refractivity contribution is 0.173. The van der Waals surface area contributed by atoms with Gasteiger partial charge in [-0.25, -0.2) is 4.79 Å². The van der Waals surface area contributed by atoms with Crippen molar-refractivity contribution >= 4 is 11.7 Å². The average Bonchev–Trinajstić information content (AvgIpc) is 2.70. The first-order valence-corrected chi connectivity index (χ1v) is 10.1. The Morgan fingerprint density at radius 2 is 1.61 bits per heavy atom. The normalized spacial score (nSPS) is 15.2. The van der Waals surface area contributed by atoms with E-state index in [2.05, 4.69) is 69.7 Å². The molecule has 0 atom stereocenters. The van der Waals surface area contributed by atoms with Gasteiger partial charge in [0.2, 0.25) is 0 Å². The van der Waals surface area contributed by atoms with Gasteiger partial charge in [-0.05, 0) is 36.1 Å². The molecule has 1 heterocycles. The number of rotatable bonds is 6. The molecule has 0 bridgehead atoms. The Kier molecular flexibility index (Phi) is 6.93. The number of nitrogens with one attached hydrogen (secondary N) is 1. The van der Waals surface area contributed by atoms with Gasteiger partial charge in [0.1, 0.15) is 0 Å². The van der Waals surface area contributed by atoms with E-state index in [9.17, 15) is 4.79 Å². The molecule has 1 aliphatic rings. The lowest BCUT2D eigenvalue weighted by Crippen LogP contribution is -2.48. The Morgan fingerprint density at radius 1 is 0.964 bits per heavy atom. The van der Waals surface area contributed by atoms with Crippen LogP contribution in [0.5, 0.6) is 0 Å². The van der Waals surface area contributed by atoms with Gasteiger partial charge in [-0.2, -0.15) is 0 Å². The first-order valence-electron chi connectivity index (χ1n) is 10.1. The molecule has 0 saturated carbocycles. The fourth-order valence-corrected chi connectivity index (χ4v) is 3.61. The maximum atomic E-state index is 12.6. The van der Waals surface area contributed by atoms with E-state index >= 15 is 0 Å². The van der Waals surface area contributed by atoms with Crippen molar-refractivity contribution in [2.75, 3.05) is 39.1 Å². The van der Waals surface area contributed by atoms with Crippen LogP contribution in [0.3, 0.4) is 0 Å². The number of amides is 2. The Bertz CT molecular complexity index is 737. The maximum absolute atomic E-state index is 12.6. The summed E-state index contributed by atoms with van der Waals surface area (Å²) >= 11 is 0. The molecular weight excluding hydrogens is 348 g/mol. The van der Waals surface area contributed by atoms with Gasteiger partial charge in [-0.3, -0.25) is 4.90 Å². The Balaban J connectivity index is 1.42. The molecule has 0 radical (unpaired) electrons. The van der Waals surface area contributed by atoms with E-state index in [1.165, 1.54) is 5.56 Å². The molecule has 0 spiro atoms. The highest BCUT2D eigenvalue weighted by molar-refractivity contribution is 5.74. The van der Waals surface area contributed by atoms with Crippen molar-refractivity contribution in [1.29, 1.82) is 0 Å². The highest BCUT2D eigenvalue weighted by Gasteiger charge is 2.22. The highest BCUT2D eigenvalue weighted by Crippen LogP contribution is 2.15. The van der Waals surface area contributed by atoms with Crippen LogP contribution in [-0.2, 0) is 13.1 Å². The Labute approximate surface area is 168 Å². The third-order valence-electron chi connectivity index (χ3n) is 5.38. The van der Waals surface area contributed by atoms with Crippen molar-refractivity contribution in [3.8, 4) is 0 Å². The number of hydrogen-bond donors (Lipinski definition) is 1. The summed E-state index contributed by atoms with van der Waals surface area (Å²) in [5, 5.41) is 3.20. The Morgan fingerprint density at radius 3 is 2.21 bits per heavy atom. The number of benzene rings is 2. The second-order valence-corrected chi connectivity index (χ2v) is 7.90. The number of hydrogen-bond acceptors (Lipinski definition) is 3. The van der Waals surface area contributed by atoms with Crippen molar-refractivity contribution in [3.05, 3.63) is 65.7 Å². The van der Waals surface area contributed by atoms with Crippen molar-refractivity contribution in [3.63, 3.8) is 0 Å². The minimum Gasteiger partial charge on any atom is -0.378 e. The lowest BCUT2D eigenvalue weighted by atomic mass is 10.0. The van der Waals surface area contributed by atoms with Gasteiger partial charge in [0, 0.05) is 59.1 Å². The standard InChI is InChI=1S/C23H32N4O/c1-25(2)22-11-9-20(10-12-22)17-26(3)23(28)24-21-13-15-27(16-14-21)18-19-7-5-4-6-8-19/h4-12,21H,13-18H2,1-3H3,(H,24,28). The SMILES string of the molecule is CN(Cc1ccc(N(C)C)cc1)C(=O)NC1CCN(Cc2ccccc2)CC1. The van der Waals surface area contributed by atoms with Crippen LogP contribution >= 0.6 is 0 Å². The molecule has 5 heteroatoms. The summed E-state index contributed by atoms with van der Waals surface area (Å²) in [6, 6.07) is 19.2. The molecule has 1 fully saturated rings. The molecule has 150 valence electrons. The molecule has 0 aromatic heterocycles. The molecule has 1 N–H and O–H groups in total. The first kappa shape index (κ1) is 20.2. The molecule has 2 aromatic rings. The molecule has 5 nitrogen and oxygen atoms in total. The molecule has 2 aromatic carbocycles. The fraction of sp³-hybridized carbons (Fsp3) is 0.435. The van der Waals surface area contributed by atoms with Crippen LogP contribution in [0.15, 0.2) is 54.6 Å². The van der Waals surface area contributed by atoms with Crippen molar-refractivity contribution in [1.82, 2.24) is 15.1 Å². The predicted octanol–water partition coefficient (Wildman–Crippen LogP) is 3.56. The van der Waals surface area contributed by atoms with Crippen LogP contribution < -0.4 is 10.2 Å². The van der Waals surface area contributed by atoms with Crippen LogP contribution in [0.4, 0.5) is 10.5 Å². The van der Waals surface area contributed by atoms with Gasteiger partial charge < -0.3 is 15.1 Å². The van der Waals surface area contributed by atoms with E-state index in [0.29, 0.717) is 6.54 Å². The molecule has 0 unspecified atom stereocenters. The molecule has 28 heavy (non-hydrogen) atoms. The summed E-state index contributed by atoms with van der Waals surface area (Å²) in [6.07, 6.45) is 2.01. The fourth-order valence-electron chi connectivity index (χ4n) is 3.61. The number of nitrogens with zero attached hydrogens (tertiary/aromatic N) is 3. The molecule has 0 aliphatic carbocycles. The van der Waals surface area contributed by atoms with Gasteiger partial charge >= 0.3 is 6.03 Å². The van der Waals surface area contributed by atoms with Gasteiger partial charge in [0.05, 0.1) is 0 Å². The van der Waals surface area contributed by atoms with Crippen LogP contribution in [0.2, 0.25) is 0 Å². The van der Waals surface area contributed by atoms with E-state index in [-0.39, 0.29) is 12.1 Å². The lowest BCUT2D eigenvalue weighted by Gasteiger charge is -2.33. The third-order valence-corrected chi connectivity index (χ3v) is 5.38. The monoisotopic (exact) mass is 380 g/mol. The zero-order chi connectivity index (χ0) is 19.9. The number of urea groups is 1. The number of likely N-dealkylation sites (tertiary alicyclic amines) is 1. The third kappa shape index (κ3) is 5.73. The van der Waals surface area contributed by atoms with E-state index in [1.807, 2.05) is 21.1 Å². The van der Waals surface area contributed by atoms with E-state index < -0.39 is 0 Å². The molecule has 1 aliphatic heterocycles. The predicted molar refractivity (Wildman–Crippen MR) is 116 cm³/mol. The number of anilines is 1. The maximum Gasteiger partial charge on any atom is 0.317 e. The van der Waals surface area contributed by atoms with Crippen molar-refractivity contribution in [2.45, 2.75) is 32.0 Å². The second-order valence-electron chi connectivity index (χ2n) is 7.90. The van der Waals surface area contributed by atoms with E-state index in [1.54, 1.807) is 4.90 Å². The van der Waals surface area contributed by atoms with E-state index in [0.717, 1.165) is 43.7 Å². The zero-order valence-electron chi connectivity index (χ0n) is 17.3.